The highest BCUT2D eigenvalue weighted by molar-refractivity contribution is 7.99. The van der Waals surface area contributed by atoms with E-state index in [1.54, 1.807) is 12.1 Å². The fourth-order valence-electron chi connectivity index (χ4n) is 2.43. The zero-order valence-corrected chi connectivity index (χ0v) is 11.7. The highest BCUT2D eigenvalue weighted by Crippen LogP contribution is 2.34. The molecular weight excluding hydrogens is 268 g/mol. The van der Waals surface area contributed by atoms with E-state index in [2.05, 4.69) is 5.32 Å². The molecule has 1 saturated carbocycles. The first-order chi connectivity index (χ1) is 9.04. The van der Waals surface area contributed by atoms with Crippen molar-refractivity contribution in [3.63, 3.8) is 0 Å². The lowest BCUT2D eigenvalue weighted by molar-refractivity contribution is 0.0787. The number of alkyl halides is 2. The van der Waals surface area contributed by atoms with Gasteiger partial charge in [0.1, 0.15) is 0 Å². The summed E-state index contributed by atoms with van der Waals surface area (Å²) in [6.45, 7) is 2.18. The molecule has 0 aromatic heterocycles. The largest absolute Gasteiger partial charge is 0.394 e. The zero-order valence-electron chi connectivity index (χ0n) is 10.9. The second-order valence-electron chi connectivity index (χ2n) is 5.11. The number of rotatable bonds is 6. The highest BCUT2D eigenvalue weighted by Gasteiger charge is 2.37. The summed E-state index contributed by atoms with van der Waals surface area (Å²) in [6, 6.07) is 7.28. The van der Waals surface area contributed by atoms with Crippen LogP contribution in [0, 0.1) is 0 Å². The minimum Gasteiger partial charge on any atom is -0.394 e. The van der Waals surface area contributed by atoms with E-state index >= 15 is 0 Å². The van der Waals surface area contributed by atoms with Crippen molar-refractivity contribution in [3.05, 3.63) is 29.8 Å². The van der Waals surface area contributed by atoms with Crippen LogP contribution in [0.4, 0.5) is 8.78 Å². The fourth-order valence-corrected chi connectivity index (χ4v) is 2.93. The van der Waals surface area contributed by atoms with Gasteiger partial charge in [0, 0.05) is 16.5 Å². The molecule has 19 heavy (non-hydrogen) atoms. The summed E-state index contributed by atoms with van der Waals surface area (Å²) in [7, 11) is 0. The van der Waals surface area contributed by atoms with Gasteiger partial charge in [-0.25, -0.2) is 0 Å². The Morgan fingerprint density at radius 3 is 2.37 bits per heavy atom. The van der Waals surface area contributed by atoms with Crippen LogP contribution in [0.15, 0.2) is 29.2 Å². The van der Waals surface area contributed by atoms with E-state index in [-0.39, 0.29) is 18.2 Å². The smallest absolute Gasteiger partial charge is 0.288 e. The molecule has 2 nitrogen and oxygen atoms in total. The maximum absolute atomic E-state index is 12.2. The second kappa shape index (κ2) is 6.20. The minimum absolute atomic E-state index is 0.109. The van der Waals surface area contributed by atoms with E-state index in [0.717, 1.165) is 24.8 Å². The normalized spacial score (nSPS) is 19.2. The van der Waals surface area contributed by atoms with Crippen molar-refractivity contribution in [1.29, 1.82) is 0 Å². The maximum Gasteiger partial charge on any atom is 0.288 e. The lowest BCUT2D eigenvalue weighted by atomic mass is 9.76. The van der Waals surface area contributed by atoms with Gasteiger partial charge in [0.2, 0.25) is 0 Å². The van der Waals surface area contributed by atoms with Crippen LogP contribution in [0.5, 0.6) is 0 Å². The van der Waals surface area contributed by atoms with Gasteiger partial charge in [-0.2, -0.15) is 8.78 Å². The molecular formula is C14H19F2NOS. The molecule has 0 bridgehead atoms. The molecule has 1 aliphatic carbocycles. The Kier molecular flexibility index (Phi) is 4.81. The van der Waals surface area contributed by atoms with Crippen LogP contribution in [0.3, 0.4) is 0 Å². The summed E-state index contributed by atoms with van der Waals surface area (Å²) in [5, 5.41) is 12.9. The zero-order chi connectivity index (χ0) is 13.9. The molecule has 2 rings (SSSR count). The standard InChI is InChI=1S/C14H19F2NOS/c1-10(17-14(9-18)7-2-8-14)11-3-5-12(6-4-11)19-13(15)16/h3-6,10,13,17-18H,2,7-9H2,1H3/t10-/m1/s1. The van der Waals surface area contributed by atoms with E-state index in [4.69, 9.17) is 0 Å². The first-order valence-corrected chi connectivity index (χ1v) is 7.36. The van der Waals surface area contributed by atoms with Crippen molar-refractivity contribution in [2.75, 3.05) is 6.61 Å². The molecule has 1 aliphatic rings. The average Bonchev–Trinajstić information content (AvgIpc) is 2.34. The van der Waals surface area contributed by atoms with Crippen molar-refractivity contribution in [3.8, 4) is 0 Å². The molecule has 0 heterocycles. The van der Waals surface area contributed by atoms with Crippen LogP contribution in [-0.4, -0.2) is 23.0 Å². The molecule has 0 spiro atoms. The number of benzene rings is 1. The van der Waals surface area contributed by atoms with Crippen LogP contribution < -0.4 is 5.32 Å². The Morgan fingerprint density at radius 2 is 1.95 bits per heavy atom. The Bertz CT molecular complexity index is 401. The summed E-state index contributed by atoms with van der Waals surface area (Å²) in [5.74, 6) is -2.38. The van der Waals surface area contributed by atoms with E-state index in [0.29, 0.717) is 16.7 Å². The summed E-state index contributed by atoms with van der Waals surface area (Å²) in [5.41, 5.74) is 0.911. The lowest BCUT2D eigenvalue weighted by Gasteiger charge is -2.43. The predicted molar refractivity (Wildman–Crippen MR) is 73.5 cm³/mol. The highest BCUT2D eigenvalue weighted by atomic mass is 32.2. The number of aliphatic hydroxyl groups excluding tert-OH is 1. The molecule has 0 amide bonds. The molecule has 5 heteroatoms. The molecule has 1 atom stereocenters. The molecule has 0 saturated heterocycles. The lowest BCUT2D eigenvalue weighted by Crippen LogP contribution is -2.54. The number of thioether (sulfide) groups is 1. The second-order valence-corrected chi connectivity index (χ2v) is 6.17. The van der Waals surface area contributed by atoms with E-state index in [1.807, 2.05) is 19.1 Å². The van der Waals surface area contributed by atoms with Gasteiger partial charge < -0.3 is 10.4 Å². The average molecular weight is 287 g/mol. The van der Waals surface area contributed by atoms with E-state index in [9.17, 15) is 13.9 Å². The Balaban J connectivity index is 1.97. The number of hydrogen-bond acceptors (Lipinski definition) is 3. The van der Waals surface area contributed by atoms with Crippen LogP contribution in [-0.2, 0) is 0 Å². The maximum atomic E-state index is 12.2. The Morgan fingerprint density at radius 1 is 1.32 bits per heavy atom. The molecule has 106 valence electrons. The third-order valence-electron chi connectivity index (χ3n) is 3.74. The van der Waals surface area contributed by atoms with Crippen LogP contribution >= 0.6 is 11.8 Å². The van der Waals surface area contributed by atoms with Crippen molar-refractivity contribution in [2.24, 2.45) is 0 Å². The van der Waals surface area contributed by atoms with Crippen molar-refractivity contribution in [1.82, 2.24) is 5.32 Å². The summed E-state index contributed by atoms with van der Waals surface area (Å²) < 4.78 is 24.4. The molecule has 1 aromatic rings. The third kappa shape index (κ3) is 3.68. The van der Waals surface area contributed by atoms with Gasteiger partial charge >= 0.3 is 0 Å². The summed E-state index contributed by atoms with van der Waals surface area (Å²) in [4.78, 5) is 0.575. The van der Waals surface area contributed by atoms with Gasteiger partial charge in [-0.1, -0.05) is 23.9 Å². The van der Waals surface area contributed by atoms with Crippen LogP contribution in [0.25, 0.3) is 0 Å². The van der Waals surface area contributed by atoms with Gasteiger partial charge in [0.05, 0.1) is 6.61 Å². The molecule has 0 radical (unpaired) electrons. The van der Waals surface area contributed by atoms with Gasteiger partial charge in [0.25, 0.3) is 5.76 Å². The van der Waals surface area contributed by atoms with Gasteiger partial charge in [-0.05, 0) is 43.9 Å². The molecule has 0 aliphatic heterocycles. The quantitative estimate of drug-likeness (QED) is 0.785. The molecule has 0 unspecified atom stereocenters. The molecule has 1 fully saturated rings. The summed E-state index contributed by atoms with van der Waals surface area (Å²) in [6.07, 6.45) is 3.13. The van der Waals surface area contributed by atoms with Gasteiger partial charge in [-0.15, -0.1) is 0 Å². The minimum atomic E-state index is -2.38. The number of hydrogen-bond donors (Lipinski definition) is 2. The third-order valence-corrected chi connectivity index (χ3v) is 4.46. The fraction of sp³-hybridized carbons (Fsp3) is 0.571. The van der Waals surface area contributed by atoms with E-state index in [1.165, 1.54) is 0 Å². The van der Waals surface area contributed by atoms with Crippen molar-refractivity contribution >= 4 is 11.8 Å². The Hall–Kier alpha value is -0.650. The predicted octanol–water partition coefficient (Wildman–Crippen LogP) is 3.57. The van der Waals surface area contributed by atoms with E-state index < -0.39 is 5.76 Å². The van der Waals surface area contributed by atoms with Crippen molar-refractivity contribution in [2.45, 2.75) is 48.4 Å². The number of nitrogens with one attached hydrogen (secondary N) is 1. The van der Waals surface area contributed by atoms with Gasteiger partial charge in [-0.3, -0.25) is 0 Å². The Labute approximate surface area is 116 Å². The molecule has 2 N–H and O–H groups in total. The SMILES string of the molecule is C[C@@H](NC1(CO)CCC1)c1ccc(SC(F)F)cc1. The van der Waals surface area contributed by atoms with Crippen LogP contribution in [0.2, 0.25) is 0 Å². The summed E-state index contributed by atoms with van der Waals surface area (Å²) >= 11 is 0.558. The monoisotopic (exact) mass is 287 g/mol. The molecule has 1 aromatic carbocycles. The number of halogens is 2. The first-order valence-electron chi connectivity index (χ1n) is 6.48. The van der Waals surface area contributed by atoms with Crippen molar-refractivity contribution < 1.29 is 13.9 Å². The number of aliphatic hydroxyl groups is 1. The first kappa shape index (κ1) is 14.8. The van der Waals surface area contributed by atoms with Gasteiger partial charge in [0.15, 0.2) is 0 Å². The van der Waals surface area contributed by atoms with Crippen LogP contribution in [0.1, 0.15) is 37.8 Å². The topological polar surface area (TPSA) is 32.3 Å².